The minimum atomic E-state index is -0.497. The van der Waals surface area contributed by atoms with Gasteiger partial charge >= 0.3 is 0 Å². The van der Waals surface area contributed by atoms with Crippen molar-refractivity contribution in [2.24, 2.45) is 0 Å². The molecule has 50 heavy (non-hydrogen) atoms. The first-order valence-corrected chi connectivity index (χ1v) is 18.2. The quantitative estimate of drug-likeness (QED) is 0.166. The van der Waals surface area contributed by atoms with E-state index in [2.05, 4.69) is 182 Å². The van der Waals surface area contributed by atoms with E-state index >= 15 is 0 Å². The first-order valence-electron chi connectivity index (χ1n) is 17.3. The van der Waals surface area contributed by atoms with Crippen molar-refractivity contribution in [3.8, 4) is 33.4 Å². The van der Waals surface area contributed by atoms with E-state index in [4.69, 9.17) is 0 Å². The number of rotatable bonds is 4. The molecule has 10 aromatic rings. The number of fused-ring (bicyclic) bond motifs is 7. The zero-order valence-corrected chi connectivity index (χ0v) is 28.0. The summed E-state index contributed by atoms with van der Waals surface area (Å²) in [6.45, 7) is 0. The molecule has 0 saturated heterocycles. The van der Waals surface area contributed by atoms with Crippen molar-refractivity contribution in [2.45, 2.75) is 5.41 Å². The third-order valence-corrected chi connectivity index (χ3v) is 12.3. The van der Waals surface area contributed by atoms with E-state index < -0.39 is 5.41 Å². The molecule has 0 saturated carbocycles. The van der Waals surface area contributed by atoms with Crippen LogP contribution in [0.15, 0.2) is 182 Å². The van der Waals surface area contributed by atoms with Crippen LogP contribution in [0.4, 0.5) is 0 Å². The van der Waals surface area contributed by atoms with Gasteiger partial charge in [0.15, 0.2) is 0 Å². The van der Waals surface area contributed by atoms with E-state index in [0.717, 1.165) is 0 Å². The Kier molecular flexibility index (Phi) is 5.85. The Morgan fingerprint density at radius 3 is 1.58 bits per heavy atom. The van der Waals surface area contributed by atoms with E-state index in [-0.39, 0.29) is 0 Å². The molecule has 0 fully saturated rings. The average Bonchev–Trinajstić information content (AvgIpc) is 3.73. The van der Waals surface area contributed by atoms with Gasteiger partial charge in [-0.15, -0.1) is 11.3 Å². The molecule has 0 nitrogen and oxygen atoms in total. The third kappa shape index (κ3) is 3.70. The maximum Gasteiger partial charge on any atom is 0.0714 e. The average molecular weight is 651 g/mol. The van der Waals surface area contributed by atoms with E-state index in [9.17, 15) is 0 Å². The van der Waals surface area contributed by atoms with Crippen LogP contribution >= 0.6 is 11.3 Å². The van der Waals surface area contributed by atoms with Crippen LogP contribution < -0.4 is 0 Å². The van der Waals surface area contributed by atoms with E-state index in [1.54, 1.807) is 0 Å². The van der Waals surface area contributed by atoms with Crippen LogP contribution in [0.2, 0.25) is 0 Å². The van der Waals surface area contributed by atoms with Gasteiger partial charge in [-0.3, -0.25) is 0 Å². The van der Waals surface area contributed by atoms with Gasteiger partial charge < -0.3 is 0 Å². The Morgan fingerprint density at radius 2 is 0.900 bits per heavy atom. The first kappa shape index (κ1) is 27.9. The van der Waals surface area contributed by atoms with Crippen LogP contribution in [-0.2, 0) is 5.41 Å². The molecule has 1 aliphatic rings. The topological polar surface area (TPSA) is 0 Å². The van der Waals surface area contributed by atoms with Crippen LogP contribution in [0, 0.1) is 0 Å². The Bertz CT molecular complexity index is 2840. The predicted octanol–water partition coefficient (Wildman–Crippen LogP) is 13.5. The maximum absolute atomic E-state index is 2.56. The summed E-state index contributed by atoms with van der Waals surface area (Å²) in [5.74, 6) is 0. The van der Waals surface area contributed by atoms with E-state index in [1.165, 1.54) is 97.4 Å². The molecular weight excluding hydrogens is 621 g/mol. The highest BCUT2D eigenvalue weighted by atomic mass is 32.1. The lowest BCUT2D eigenvalue weighted by atomic mass is 9.67. The molecule has 1 aliphatic carbocycles. The molecule has 11 rings (SSSR count). The summed E-state index contributed by atoms with van der Waals surface area (Å²) in [4.78, 5) is 0. The SMILES string of the molecule is c1ccc(-c2ccc(-c3ccc4c(c3)C(c3ccccc3)(c3ccccc3)c3cc5c6ccccc6c6cccc7sc(c3-4)c5c76)cc2)cc1. The highest BCUT2D eigenvalue weighted by molar-refractivity contribution is 7.26. The second-order valence-corrected chi connectivity index (χ2v) is 14.6. The summed E-state index contributed by atoms with van der Waals surface area (Å²) in [7, 11) is 0. The molecule has 0 aliphatic heterocycles. The van der Waals surface area contributed by atoms with E-state index in [0.29, 0.717) is 0 Å². The molecule has 0 N–H and O–H groups in total. The Labute approximate surface area is 294 Å². The summed E-state index contributed by atoms with van der Waals surface area (Å²) in [6.07, 6.45) is 0. The van der Waals surface area contributed by atoms with Crippen LogP contribution in [0.1, 0.15) is 22.3 Å². The van der Waals surface area contributed by atoms with Crippen molar-refractivity contribution >= 4 is 53.1 Å². The number of hydrogen-bond donors (Lipinski definition) is 0. The highest BCUT2D eigenvalue weighted by Crippen LogP contribution is 2.61. The molecule has 0 unspecified atom stereocenters. The standard InChI is InChI=1S/C49H30S/c1-4-13-31(14-5-1)32-23-25-33(26-24-32)34-27-28-40-42(29-34)49(35-15-6-2-7-16-35,36-17-8-3-9-18-36)43-30-41-38-20-11-10-19-37(38)39-21-12-22-44-46(39)47(41)48(50-44)45(40)43/h1-30H. The maximum atomic E-state index is 2.56. The van der Waals surface area contributed by atoms with Gasteiger partial charge in [0.1, 0.15) is 0 Å². The second-order valence-electron chi connectivity index (χ2n) is 13.6. The first-order chi connectivity index (χ1) is 24.8. The highest BCUT2D eigenvalue weighted by Gasteiger charge is 2.47. The van der Waals surface area contributed by atoms with Gasteiger partial charge in [0.25, 0.3) is 0 Å². The molecule has 0 atom stereocenters. The molecule has 232 valence electrons. The summed E-state index contributed by atoms with van der Waals surface area (Å²) in [5, 5.41) is 8.15. The molecule has 1 heteroatoms. The van der Waals surface area contributed by atoms with Crippen molar-refractivity contribution in [3.63, 3.8) is 0 Å². The van der Waals surface area contributed by atoms with Crippen molar-refractivity contribution in [1.82, 2.24) is 0 Å². The van der Waals surface area contributed by atoms with Gasteiger partial charge in [0.05, 0.1) is 5.41 Å². The zero-order chi connectivity index (χ0) is 32.8. The Balaban J connectivity index is 1.27. The minimum Gasteiger partial charge on any atom is -0.134 e. The fourth-order valence-electron chi connectivity index (χ4n) is 8.99. The lowest BCUT2D eigenvalue weighted by Crippen LogP contribution is -2.28. The fourth-order valence-corrected chi connectivity index (χ4v) is 10.3. The van der Waals surface area contributed by atoms with Gasteiger partial charge in [-0.25, -0.2) is 0 Å². The Morgan fingerprint density at radius 1 is 0.360 bits per heavy atom. The van der Waals surface area contributed by atoms with Gasteiger partial charge in [0.2, 0.25) is 0 Å². The fraction of sp³-hybridized carbons (Fsp3) is 0.0204. The van der Waals surface area contributed by atoms with Crippen LogP contribution in [0.25, 0.3) is 75.1 Å². The van der Waals surface area contributed by atoms with Crippen molar-refractivity contribution in [2.75, 3.05) is 0 Å². The van der Waals surface area contributed by atoms with E-state index in [1.807, 2.05) is 11.3 Å². The molecule has 0 amide bonds. The minimum absolute atomic E-state index is 0.497. The molecule has 0 radical (unpaired) electrons. The van der Waals surface area contributed by atoms with Crippen molar-refractivity contribution in [3.05, 3.63) is 204 Å². The van der Waals surface area contributed by atoms with Gasteiger partial charge in [0, 0.05) is 25.7 Å². The third-order valence-electron chi connectivity index (χ3n) is 11.1. The number of benzene rings is 9. The smallest absolute Gasteiger partial charge is 0.0714 e. The molecule has 1 heterocycles. The molecule has 0 bridgehead atoms. The predicted molar refractivity (Wildman–Crippen MR) is 214 cm³/mol. The number of thiophene rings is 1. The summed E-state index contributed by atoms with van der Waals surface area (Å²) in [6, 6.07) is 67.8. The van der Waals surface area contributed by atoms with Crippen LogP contribution in [0.3, 0.4) is 0 Å². The summed E-state index contributed by atoms with van der Waals surface area (Å²) < 4.78 is 2.75. The van der Waals surface area contributed by atoms with Crippen LogP contribution in [-0.4, -0.2) is 0 Å². The monoisotopic (exact) mass is 650 g/mol. The van der Waals surface area contributed by atoms with Gasteiger partial charge in [-0.2, -0.15) is 0 Å². The number of hydrogen-bond acceptors (Lipinski definition) is 1. The second kappa shape index (κ2) is 10.5. The summed E-state index contributed by atoms with van der Waals surface area (Å²) >= 11 is 1.96. The molecule has 0 spiro atoms. The lowest BCUT2D eigenvalue weighted by molar-refractivity contribution is 0.770. The lowest BCUT2D eigenvalue weighted by Gasteiger charge is -2.34. The van der Waals surface area contributed by atoms with Crippen LogP contribution in [0.5, 0.6) is 0 Å². The zero-order valence-electron chi connectivity index (χ0n) is 27.2. The molecule has 1 aromatic heterocycles. The molecular formula is C49H30S. The Hall–Kier alpha value is -6.02. The van der Waals surface area contributed by atoms with Gasteiger partial charge in [-0.1, -0.05) is 164 Å². The van der Waals surface area contributed by atoms with Crippen molar-refractivity contribution in [1.29, 1.82) is 0 Å². The largest absolute Gasteiger partial charge is 0.134 e. The van der Waals surface area contributed by atoms with Crippen molar-refractivity contribution < 1.29 is 0 Å². The van der Waals surface area contributed by atoms with Gasteiger partial charge in [-0.05, 0) is 89.8 Å². The summed E-state index contributed by atoms with van der Waals surface area (Å²) in [5.41, 5.74) is 12.4. The molecule has 9 aromatic carbocycles. The normalized spacial score (nSPS) is 13.4.